The zero-order chi connectivity index (χ0) is 22.0. The average molecular weight is 422 g/mol. The molecule has 0 saturated heterocycles. The molecule has 2 amide bonds. The standard InChI is InChI=1S/C19H18N8O4/c20-26-16(27-21)10-2-3-12-11(6-10)18(29)25-17(24-12)19(30)22-7-9-1-4-14-13(5-9)23-15(28)8-31-14/h1-6H,7-8,20-21H2,(H,22,30)(H,23,28)(H,26,27)(H,24,25,29). The van der Waals surface area contributed by atoms with Gasteiger partial charge in [0.2, 0.25) is 0 Å². The Kier molecular flexibility index (Phi) is 5.20. The molecule has 2 heterocycles. The molecule has 0 unspecified atom stereocenters. The highest BCUT2D eigenvalue weighted by Gasteiger charge is 2.17. The quantitative estimate of drug-likeness (QED) is 0.137. The molecule has 0 spiro atoms. The number of hydrogen-bond acceptors (Lipinski definition) is 8. The lowest BCUT2D eigenvalue weighted by atomic mass is 10.1. The Morgan fingerprint density at radius 2 is 2.06 bits per heavy atom. The number of ether oxygens (including phenoxy) is 1. The van der Waals surface area contributed by atoms with Crippen molar-refractivity contribution in [3.05, 3.63) is 63.7 Å². The summed E-state index contributed by atoms with van der Waals surface area (Å²) in [5.74, 6) is 10.4. The van der Waals surface area contributed by atoms with Crippen molar-refractivity contribution in [3.63, 3.8) is 0 Å². The maximum absolute atomic E-state index is 12.5. The van der Waals surface area contributed by atoms with Crippen molar-refractivity contribution in [2.24, 2.45) is 16.8 Å². The molecule has 31 heavy (non-hydrogen) atoms. The van der Waals surface area contributed by atoms with Crippen LogP contribution in [-0.2, 0) is 11.3 Å². The normalized spacial score (nSPS) is 13.2. The van der Waals surface area contributed by atoms with Crippen LogP contribution in [0.1, 0.15) is 21.7 Å². The Labute approximate surface area is 174 Å². The summed E-state index contributed by atoms with van der Waals surface area (Å²) < 4.78 is 5.30. The fourth-order valence-corrected chi connectivity index (χ4v) is 3.09. The first kappa shape index (κ1) is 19.8. The van der Waals surface area contributed by atoms with E-state index in [9.17, 15) is 14.4 Å². The third-order valence-corrected chi connectivity index (χ3v) is 4.59. The number of anilines is 1. The van der Waals surface area contributed by atoms with E-state index >= 15 is 0 Å². The average Bonchev–Trinajstić information content (AvgIpc) is 2.78. The lowest BCUT2D eigenvalue weighted by Crippen LogP contribution is -2.32. The second kappa shape index (κ2) is 8.12. The first-order valence-corrected chi connectivity index (χ1v) is 9.11. The molecule has 4 rings (SSSR count). The minimum absolute atomic E-state index is 0.0331. The van der Waals surface area contributed by atoms with Gasteiger partial charge < -0.3 is 31.6 Å². The molecule has 0 atom stereocenters. The van der Waals surface area contributed by atoms with Crippen LogP contribution in [-0.4, -0.2) is 34.2 Å². The molecule has 158 valence electrons. The molecular weight excluding hydrogens is 404 g/mol. The Morgan fingerprint density at radius 3 is 2.84 bits per heavy atom. The number of aromatic nitrogens is 2. The number of amides is 2. The minimum atomic E-state index is -0.561. The van der Waals surface area contributed by atoms with Gasteiger partial charge in [0.05, 0.1) is 16.6 Å². The van der Waals surface area contributed by atoms with Crippen molar-refractivity contribution in [1.29, 1.82) is 0 Å². The monoisotopic (exact) mass is 422 g/mol. The van der Waals surface area contributed by atoms with E-state index < -0.39 is 11.5 Å². The highest BCUT2D eigenvalue weighted by molar-refractivity contribution is 6.01. The van der Waals surface area contributed by atoms with Crippen LogP contribution in [0.3, 0.4) is 0 Å². The van der Waals surface area contributed by atoms with Crippen molar-refractivity contribution in [2.75, 3.05) is 11.9 Å². The number of H-pyrrole nitrogens is 1. The number of hydrazone groups is 1. The molecule has 1 aliphatic heterocycles. The summed E-state index contributed by atoms with van der Waals surface area (Å²) in [4.78, 5) is 43.1. The summed E-state index contributed by atoms with van der Waals surface area (Å²) in [6.45, 7) is 0.121. The van der Waals surface area contributed by atoms with E-state index in [0.29, 0.717) is 22.5 Å². The number of hydrogen-bond donors (Lipinski definition) is 6. The Bertz CT molecular complexity index is 1280. The topological polar surface area (TPSA) is 190 Å². The summed E-state index contributed by atoms with van der Waals surface area (Å²) in [6, 6.07) is 9.86. The van der Waals surface area contributed by atoms with Gasteiger partial charge in [0.1, 0.15) is 5.75 Å². The highest BCUT2D eigenvalue weighted by atomic mass is 16.5. The molecule has 0 bridgehead atoms. The number of nitrogens with zero attached hydrogens (tertiary/aromatic N) is 2. The molecule has 0 aliphatic carbocycles. The predicted octanol–water partition coefficient (Wildman–Crippen LogP) is -0.732. The van der Waals surface area contributed by atoms with Crippen molar-refractivity contribution in [1.82, 2.24) is 20.7 Å². The second-order valence-corrected chi connectivity index (χ2v) is 6.62. The van der Waals surface area contributed by atoms with E-state index in [0.717, 1.165) is 5.56 Å². The summed E-state index contributed by atoms with van der Waals surface area (Å²) in [5, 5.41) is 9.13. The van der Waals surface area contributed by atoms with Gasteiger partial charge >= 0.3 is 0 Å². The van der Waals surface area contributed by atoms with E-state index in [2.05, 4.69) is 31.1 Å². The van der Waals surface area contributed by atoms with E-state index in [4.69, 9.17) is 16.4 Å². The SMILES string of the molecule is N/N=C(\NN)c1ccc2nc(C(=O)NCc3ccc4c(c3)NC(=O)CO4)[nH]c(=O)c2c1. The summed E-state index contributed by atoms with van der Waals surface area (Å²) in [7, 11) is 0. The number of nitrogens with one attached hydrogen (secondary N) is 4. The molecule has 0 radical (unpaired) electrons. The molecule has 12 heteroatoms. The van der Waals surface area contributed by atoms with Gasteiger partial charge in [-0.15, -0.1) is 0 Å². The van der Waals surface area contributed by atoms with Crippen LogP contribution in [0.25, 0.3) is 10.9 Å². The maximum atomic E-state index is 12.5. The van der Waals surface area contributed by atoms with Crippen molar-refractivity contribution >= 4 is 34.2 Å². The number of amidine groups is 1. The first-order chi connectivity index (χ1) is 15.0. The van der Waals surface area contributed by atoms with Gasteiger partial charge in [-0.25, -0.2) is 10.8 Å². The number of carbonyl (C=O) groups is 2. The summed E-state index contributed by atoms with van der Waals surface area (Å²) >= 11 is 0. The molecule has 0 saturated carbocycles. The predicted molar refractivity (Wildman–Crippen MR) is 112 cm³/mol. The first-order valence-electron chi connectivity index (χ1n) is 9.11. The molecule has 1 aliphatic rings. The van der Waals surface area contributed by atoms with E-state index in [1.165, 1.54) is 6.07 Å². The van der Waals surface area contributed by atoms with E-state index in [-0.39, 0.29) is 36.1 Å². The van der Waals surface area contributed by atoms with Gasteiger partial charge in [-0.05, 0) is 35.9 Å². The smallest absolute Gasteiger partial charge is 0.287 e. The molecule has 2 aromatic carbocycles. The van der Waals surface area contributed by atoms with Crippen LogP contribution in [0.15, 0.2) is 46.3 Å². The van der Waals surface area contributed by atoms with Gasteiger partial charge in [0.25, 0.3) is 17.4 Å². The highest BCUT2D eigenvalue weighted by Crippen LogP contribution is 2.28. The zero-order valence-corrected chi connectivity index (χ0v) is 16.1. The molecule has 12 nitrogen and oxygen atoms in total. The Hall–Kier alpha value is -4.45. The lowest BCUT2D eigenvalue weighted by molar-refractivity contribution is -0.118. The Balaban J connectivity index is 1.53. The van der Waals surface area contributed by atoms with Crippen LogP contribution in [0.4, 0.5) is 5.69 Å². The molecule has 1 aromatic heterocycles. The summed E-state index contributed by atoms with van der Waals surface area (Å²) in [5.41, 5.74) is 3.90. The van der Waals surface area contributed by atoms with Crippen molar-refractivity contribution in [2.45, 2.75) is 6.54 Å². The fraction of sp³-hybridized carbons (Fsp3) is 0.105. The fourth-order valence-electron chi connectivity index (χ4n) is 3.09. The maximum Gasteiger partial charge on any atom is 0.287 e. The van der Waals surface area contributed by atoms with Crippen LogP contribution in [0.5, 0.6) is 5.75 Å². The van der Waals surface area contributed by atoms with Gasteiger partial charge in [-0.2, -0.15) is 5.10 Å². The van der Waals surface area contributed by atoms with Crippen molar-refractivity contribution in [3.8, 4) is 5.75 Å². The number of benzene rings is 2. The molecule has 8 N–H and O–H groups in total. The number of carbonyl (C=O) groups excluding carboxylic acids is 2. The van der Waals surface area contributed by atoms with Gasteiger partial charge in [-0.1, -0.05) is 6.07 Å². The lowest BCUT2D eigenvalue weighted by Gasteiger charge is -2.18. The largest absolute Gasteiger partial charge is 0.482 e. The van der Waals surface area contributed by atoms with E-state index in [1.54, 1.807) is 30.3 Å². The van der Waals surface area contributed by atoms with Crippen molar-refractivity contribution < 1.29 is 14.3 Å². The second-order valence-electron chi connectivity index (χ2n) is 6.62. The van der Waals surface area contributed by atoms with Crippen LogP contribution >= 0.6 is 0 Å². The number of fused-ring (bicyclic) bond motifs is 2. The summed E-state index contributed by atoms with van der Waals surface area (Å²) in [6.07, 6.45) is 0. The van der Waals surface area contributed by atoms with Gasteiger partial charge in [-0.3, -0.25) is 14.4 Å². The number of hydrazine groups is 1. The number of aromatic amines is 1. The molecule has 3 aromatic rings. The van der Waals surface area contributed by atoms with E-state index in [1.807, 2.05) is 0 Å². The number of nitrogens with two attached hydrogens (primary N) is 2. The molecular formula is C19H18N8O4. The van der Waals surface area contributed by atoms with Crippen LogP contribution < -0.4 is 38.0 Å². The van der Waals surface area contributed by atoms with Gasteiger partial charge in [0, 0.05) is 12.1 Å². The zero-order valence-electron chi connectivity index (χ0n) is 16.1. The Morgan fingerprint density at radius 1 is 1.23 bits per heavy atom. The molecule has 0 fully saturated rings. The minimum Gasteiger partial charge on any atom is -0.482 e. The van der Waals surface area contributed by atoms with Crippen LogP contribution in [0, 0.1) is 0 Å². The van der Waals surface area contributed by atoms with Gasteiger partial charge in [0.15, 0.2) is 18.3 Å². The third kappa shape index (κ3) is 4.00. The number of rotatable bonds is 4. The third-order valence-electron chi connectivity index (χ3n) is 4.59. The van der Waals surface area contributed by atoms with Crippen LogP contribution in [0.2, 0.25) is 0 Å².